The number of carbonyl (C=O) groups is 2. The lowest BCUT2D eigenvalue weighted by Crippen LogP contribution is -2.44. The first-order valence-corrected chi connectivity index (χ1v) is 4.71. The van der Waals surface area contributed by atoms with Gasteiger partial charge in [0.1, 0.15) is 5.60 Å². The van der Waals surface area contributed by atoms with Crippen LogP contribution >= 0.6 is 0 Å². The lowest BCUT2D eigenvalue weighted by molar-refractivity contribution is -0.138. The van der Waals surface area contributed by atoms with Crippen molar-refractivity contribution in [2.75, 3.05) is 0 Å². The zero-order valence-corrected chi connectivity index (χ0v) is 9.74. The van der Waals surface area contributed by atoms with Gasteiger partial charge in [0.05, 0.1) is 0 Å². The van der Waals surface area contributed by atoms with Crippen LogP contribution in [0.2, 0.25) is 0 Å². The number of aliphatic carboxylic acids is 1. The standard InChI is InChI=1S/C11H17NO4/c1-6-7(2)8(9(13)14)12-10(15)16-11(3,4)5/h6,8H,1-2H2,3-5H3,(H,12,15)(H,13,14)/t8-/m0/s1. The van der Waals surface area contributed by atoms with Crippen LogP contribution in [0.25, 0.3) is 0 Å². The van der Waals surface area contributed by atoms with Crippen LogP contribution in [0, 0.1) is 0 Å². The van der Waals surface area contributed by atoms with Crippen molar-refractivity contribution in [1.29, 1.82) is 0 Å². The van der Waals surface area contributed by atoms with E-state index >= 15 is 0 Å². The Kier molecular flexibility index (Phi) is 4.75. The van der Waals surface area contributed by atoms with Gasteiger partial charge >= 0.3 is 12.1 Å². The Morgan fingerprint density at radius 1 is 1.44 bits per heavy atom. The Hall–Kier alpha value is -1.78. The van der Waals surface area contributed by atoms with Crippen LogP contribution in [-0.4, -0.2) is 28.8 Å². The summed E-state index contributed by atoms with van der Waals surface area (Å²) in [6, 6.07) is -1.22. The normalized spacial score (nSPS) is 12.4. The average molecular weight is 227 g/mol. The molecule has 0 fully saturated rings. The van der Waals surface area contributed by atoms with E-state index in [0.717, 1.165) is 0 Å². The molecule has 0 saturated heterocycles. The minimum atomic E-state index is -1.22. The second-order valence-electron chi connectivity index (χ2n) is 4.20. The summed E-state index contributed by atoms with van der Waals surface area (Å²) in [5.41, 5.74) is -0.485. The molecular formula is C11H17NO4. The van der Waals surface area contributed by atoms with E-state index in [2.05, 4.69) is 18.5 Å². The van der Waals surface area contributed by atoms with Gasteiger partial charge in [-0.25, -0.2) is 9.59 Å². The molecule has 0 aliphatic heterocycles. The van der Waals surface area contributed by atoms with E-state index in [0.29, 0.717) is 0 Å². The van der Waals surface area contributed by atoms with Gasteiger partial charge in [0.2, 0.25) is 0 Å². The highest BCUT2D eigenvalue weighted by Crippen LogP contribution is 2.08. The molecule has 5 heteroatoms. The summed E-state index contributed by atoms with van der Waals surface area (Å²) in [7, 11) is 0. The zero-order chi connectivity index (χ0) is 12.9. The Morgan fingerprint density at radius 2 is 1.94 bits per heavy atom. The number of carboxylic acids is 1. The molecule has 0 rings (SSSR count). The van der Waals surface area contributed by atoms with Crippen LogP contribution in [0.4, 0.5) is 4.79 Å². The fourth-order valence-electron chi connectivity index (χ4n) is 0.856. The van der Waals surface area contributed by atoms with E-state index in [4.69, 9.17) is 9.84 Å². The first-order chi connectivity index (χ1) is 7.17. The highest BCUT2D eigenvalue weighted by molar-refractivity contribution is 5.83. The second kappa shape index (κ2) is 5.34. The summed E-state index contributed by atoms with van der Waals surface area (Å²) in [5.74, 6) is -1.21. The van der Waals surface area contributed by atoms with E-state index < -0.39 is 23.7 Å². The Balaban J connectivity index is 4.54. The number of amides is 1. The first-order valence-electron chi connectivity index (χ1n) is 4.71. The van der Waals surface area contributed by atoms with Gasteiger partial charge in [0.15, 0.2) is 6.04 Å². The molecular weight excluding hydrogens is 210 g/mol. The molecule has 16 heavy (non-hydrogen) atoms. The van der Waals surface area contributed by atoms with Gasteiger partial charge in [0.25, 0.3) is 0 Å². The molecule has 0 spiro atoms. The minimum absolute atomic E-state index is 0.193. The van der Waals surface area contributed by atoms with Crippen LogP contribution in [0.3, 0.4) is 0 Å². The highest BCUT2D eigenvalue weighted by atomic mass is 16.6. The van der Waals surface area contributed by atoms with Crippen LogP contribution in [-0.2, 0) is 9.53 Å². The molecule has 0 saturated carbocycles. The smallest absolute Gasteiger partial charge is 0.408 e. The van der Waals surface area contributed by atoms with Gasteiger partial charge in [0, 0.05) is 0 Å². The number of carbonyl (C=O) groups excluding carboxylic acids is 1. The van der Waals surface area contributed by atoms with Crippen molar-refractivity contribution in [1.82, 2.24) is 5.32 Å². The van der Waals surface area contributed by atoms with E-state index in [1.807, 2.05) is 0 Å². The molecule has 0 bridgehead atoms. The Morgan fingerprint density at radius 3 is 2.25 bits per heavy atom. The molecule has 1 amide bonds. The van der Waals surface area contributed by atoms with Crippen LogP contribution in [0.1, 0.15) is 20.8 Å². The Bertz CT molecular complexity index is 314. The predicted octanol–water partition coefficient (Wildman–Crippen LogP) is 1.71. The maximum Gasteiger partial charge on any atom is 0.408 e. The topological polar surface area (TPSA) is 75.6 Å². The van der Waals surface area contributed by atoms with E-state index in [-0.39, 0.29) is 5.57 Å². The van der Waals surface area contributed by atoms with Gasteiger partial charge in [-0.15, -0.1) is 0 Å². The van der Waals surface area contributed by atoms with E-state index in [1.54, 1.807) is 20.8 Å². The van der Waals surface area contributed by atoms with Crippen molar-refractivity contribution in [3.05, 3.63) is 24.8 Å². The van der Waals surface area contributed by atoms with E-state index in [1.165, 1.54) is 6.08 Å². The monoisotopic (exact) mass is 227 g/mol. The lowest BCUT2D eigenvalue weighted by atomic mass is 10.1. The van der Waals surface area contributed by atoms with Gasteiger partial charge in [-0.05, 0) is 26.3 Å². The number of nitrogens with one attached hydrogen (secondary N) is 1. The Labute approximate surface area is 94.8 Å². The van der Waals surface area contributed by atoms with Crippen molar-refractivity contribution in [3.63, 3.8) is 0 Å². The minimum Gasteiger partial charge on any atom is -0.479 e. The van der Waals surface area contributed by atoms with Crippen LogP contribution < -0.4 is 5.32 Å². The molecule has 0 aromatic carbocycles. The van der Waals surface area contributed by atoms with Gasteiger partial charge < -0.3 is 15.2 Å². The molecule has 0 radical (unpaired) electrons. The van der Waals surface area contributed by atoms with Crippen molar-refractivity contribution in [2.45, 2.75) is 32.4 Å². The number of rotatable bonds is 4. The van der Waals surface area contributed by atoms with E-state index in [9.17, 15) is 9.59 Å². The summed E-state index contributed by atoms with van der Waals surface area (Å²) in [4.78, 5) is 22.1. The number of alkyl carbamates (subject to hydrolysis) is 1. The third-order valence-corrected chi connectivity index (χ3v) is 1.54. The summed E-state index contributed by atoms with van der Waals surface area (Å²) < 4.78 is 4.92. The number of hydrogen-bond acceptors (Lipinski definition) is 3. The molecule has 5 nitrogen and oxygen atoms in total. The number of hydrogen-bond donors (Lipinski definition) is 2. The van der Waals surface area contributed by atoms with Crippen molar-refractivity contribution in [2.24, 2.45) is 0 Å². The summed E-state index contributed by atoms with van der Waals surface area (Å²) in [6.07, 6.45) is 0.471. The third-order valence-electron chi connectivity index (χ3n) is 1.54. The van der Waals surface area contributed by atoms with Gasteiger partial charge in [-0.3, -0.25) is 0 Å². The van der Waals surface area contributed by atoms with Crippen LogP contribution in [0.5, 0.6) is 0 Å². The predicted molar refractivity (Wildman–Crippen MR) is 60.1 cm³/mol. The summed E-state index contributed by atoms with van der Waals surface area (Å²) in [6.45, 7) is 11.9. The lowest BCUT2D eigenvalue weighted by Gasteiger charge is -2.22. The molecule has 0 aromatic rings. The SMILES string of the molecule is C=CC(=C)[C@H](NC(=O)OC(C)(C)C)C(=O)O. The molecule has 90 valence electrons. The fraction of sp³-hybridized carbons (Fsp3) is 0.455. The fourth-order valence-corrected chi connectivity index (χ4v) is 0.856. The van der Waals surface area contributed by atoms with Crippen molar-refractivity contribution < 1.29 is 19.4 Å². The van der Waals surface area contributed by atoms with Crippen molar-refractivity contribution >= 4 is 12.1 Å². The summed E-state index contributed by atoms with van der Waals surface area (Å²) >= 11 is 0. The van der Waals surface area contributed by atoms with Gasteiger partial charge in [-0.1, -0.05) is 19.2 Å². The molecule has 0 heterocycles. The average Bonchev–Trinajstić information content (AvgIpc) is 2.09. The third kappa shape index (κ3) is 5.19. The quantitative estimate of drug-likeness (QED) is 0.717. The second-order valence-corrected chi connectivity index (χ2v) is 4.20. The van der Waals surface area contributed by atoms with Crippen molar-refractivity contribution in [3.8, 4) is 0 Å². The maximum atomic E-state index is 11.3. The number of ether oxygens (including phenoxy) is 1. The van der Waals surface area contributed by atoms with Gasteiger partial charge in [-0.2, -0.15) is 0 Å². The zero-order valence-electron chi connectivity index (χ0n) is 9.74. The molecule has 0 aliphatic rings. The highest BCUT2D eigenvalue weighted by Gasteiger charge is 2.24. The number of carboxylic acid groups (broad SMARTS) is 1. The molecule has 0 aliphatic carbocycles. The molecule has 0 aromatic heterocycles. The van der Waals surface area contributed by atoms with Crippen LogP contribution in [0.15, 0.2) is 24.8 Å². The molecule has 1 atom stereocenters. The largest absolute Gasteiger partial charge is 0.479 e. The first kappa shape index (κ1) is 14.2. The molecule has 2 N–H and O–H groups in total. The summed E-state index contributed by atoms with van der Waals surface area (Å²) in [5, 5.41) is 11.0. The maximum absolute atomic E-state index is 11.3. The molecule has 0 unspecified atom stereocenters.